The van der Waals surface area contributed by atoms with Crippen molar-refractivity contribution < 1.29 is 14.3 Å². The average molecular weight is 247 g/mol. The number of ether oxygens (including phenoxy) is 1. The van der Waals surface area contributed by atoms with Gasteiger partial charge >= 0.3 is 5.97 Å². The number of fused-ring (bicyclic) bond motifs is 1. The van der Waals surface area contributed by atoms with E-state index in [1.807, 2.05) is 0 Å². The third-order valence-corrected chi connectivity index (χ3v) is 4.18. The zero-order valence-corrected chi connectivity index (χ0v) is 10.8. The summed E-state index contributed by atoms with van der Waals surface area (Å²) in [6.07, 6.45) is 5.74. The van der Waals surface area contributed by atoms with Crippen molar-refractivity contribution >= 4 is 11.9 Å². The van der Waals surface area contributed by atoms with Crippen molar-refractivity contribution in [2.75, 3.05) is 7.05 Å². The van der Waals surface area contributed by atoms with E-state index < -0.39 is 0 Å². The van der Waals surface area contributed by atoms with E-state index in [2.05, 4.69) is 0 Å². The topological polar surface area (TPSA) is 46.6 Å². The van der Waals surface area contributed by atoms with E-state index in [4.69, 9.17) is 4.74 Å². The summed E-state index contributed by atoms with van der Waals surface area (Å²) in [4.78, 5) is 25.8. The third-order valence-electron chi connectivity index (χ3n) is 4.18. The van der Waals surface area contributed by atoms with Gasteiger partial charge in [-0.3, -0.25) is 4.79 Å². The molecule has 0 unspecified atom stereocenters. The van der Waals surface area contributed by atoms with Gasteiger partial charge in [0.1, 0.15) is 5.76 Å². The van der Waals surface area contributed by atoms with Crippen molar-refractivity contribution in [1.29, 1.82) is 0 Å². The van der Waals surface area contributed by atoms with Gasteiger partial charge in [-0.1, -0.05) is 19.3 Å². The Labute approximate surface area is 106 Å². The maximum Gasteiger partial charge on any atom is 0.345 e. The van der Waals surface area contributed by atoms with Gasteiger partial charge in [-0.2, -0.15) is 0 Å². The summed E-state index contributed by atoms with van der Waals surface area (Å²) in [5, 5.41) is 0. The molecule has 0 saturated heterocycles. The molecule has 2 heterocycles. The fourth-order valence-electron chi connectivity index (χ4n) is 3.31. The molecule has 0 spiro atoms. The van der Waals surface area contributed by atoms with Gasteiger partial charge in [-0.25, -0.2) is 4.79 Å². The van der Waals surface area contributed by atoms with Gasteiger partial charge in [0.25, 0.3) is 5.91 Å². The van der Waals surface area contributed by atoms with Gasteiger partial charge in [-0.05, 0) is 19.8 Å². The van der Waals surface area contributed by atoms with Crippen LogP contribution in [0.2, 0.25) is 0 Å². The van der Waals surface area contributed by atoms with Crippen molar-refractivity contribution in [1.82, 2.24) is 4.90 Å². The molecule has 0 atom stereocenters. The summed E-state index contributed by atoms with van der Waals surface area (Å²) >= 11 is 0. The molecule has 0 aromatic carbocycles. The lowest BCUT2D eigenvalue weighted by Gasteiger charge is -2.27. The van der Waals surface area contributed by atoms with Crippen molar-refractivity contribution in [2.24, 2.45) is 5.92 Å². The molecule has 0 radical (unpaired) electrons. The highest BCUT2D eigenvalue weighted by molar-refractivity contribution is 6.16. The predicted molar refractivity (Wildman–Crippen MR) is 65.2 cm³/mol. The second-order valence-electron chi connectivity index (χ2n) is 5.28. The smallest absolute Gasteiger partial charge is 0.345 e. The second kappa shape index (κ2) is 3.97. The fourth-order valence-corrected chi connectivity index (χ4v) is 3.31. The van der Waals surface area contributed by atoms with E-state index in [1.165, 1.54) is 19.3 Å². The summed E-state index contributed by atoms with van der Waals surface area (Å²) in [6, 6.07) is 0. The Morgan fingerprint density at radius 3 is 2.44 bits per heavy atom. The molecule has 18 heavy (non-hydrogen) atoms. The van der Waals surface area contributed by atoms with Crippen LogP contribution in [0.1, 0.15) is 39.0 Å². The molecule has 3 rings (SSSR count). The first-order valence-electron chi connectivity index (χ1n) is 6.57. The SMILES string of the molecule is CC1=C2C(=O)N(C)C(C3CCCCC3)=C2C(=O)O1. The highest BCUT2D eigenvalue weighted by atomic mass is 16.5. The molecular formula is C14H17NO3. The van der Waals surface area contributed by atoms with Crippen molar-refractivity contribution in [3.8, 4) is 0 Å². The molecule has 1 fully saturated rings. The number of nitrogens with zero attached hydrogens (tertiary/aromatic N) is 1. The van der Waals surface area contributed by atoms with Crippen molar-refractivity contribution in [3.05, 3.63) is 22.6 Å². The molecule has 1 saturated carbocycles. The van der Waals surface area contributed by atoms with Gasteiger partial charge < -0.3 is 9.64 Å². The normalized spacial score (nSPS) is 25.1. The molecule has 96 valence electrons. The van der Waals surface area contributed by atoms with Gasteiger partial charge in [0.2, 0.25) is 0 Å². The number of hydrogen-bond acceptors (Lipinski definition) is 3. The lowest BCUT2D eigenvalue weighted by atomic mass is 9.85. The van der Waals surface area contributed by atoms with E-state index in [-0.39, 0.29) is 11.9 Å². The van der Waals surface area contributed by atoms with Gasteiger partial charge in [0, 0.05) is 18.7 Å². The van der Waals surface area contributed by atoms with Crippen LogP contribution in [0, 0.1) is 5.92 Å². The molecular weight excluding hydrogens is 230 g/mol. The first-order chi connectivity index (χ1) is 8.61. The molecule has 2 aliphatic heterocycles. The minimum Gasteiger partial charge on any atom is -0.427 e. The number of cyclic esters (lactones) is 1. The van der Waals surface area contributed by atoms with Crippen molar-refractivity contribution in [2.45, 2.75) is 39.0 Å². The van der Waals surface area contributed by atoms with Gasteiger partial charge in [-0.15, -0.1) is 0 Å². The van der Waals surface area contributed by atoms with Gasteiger partial charge in [0.15, 0.2) is 0 Å². The van der Waals surface area contributed by atoms with E-state index >= 15 is 0 Å². The molecule has 4 heteroatoms. The van der Waals surface area contributed by atoms with Crippen LogP contribution < -0.4 is 0 Å². The quantitative estimate of drug-likeness (QED) is 0.667. The van der Waals surface area contributed by atoms with Crippen LogP contribution in [0.3, 0.4) is 0 Å². The Morgan fingerprint density at radius 1 is 1.11 bits per heavy atom. The maximum absolute atomic E-state index is 12.2. The zero-order valence-electron chi connectivity index (χ0n) is 10.8. The maximum atomic E-state index is 12.2. The molecule has 0 aromatic heterocycles. The number of carbonyl (C=O) groups excluding carboxylic acids is 2. The number of hydrogen-bond donors (Lipinski definition) is 0. The number of esters is 1. The summed E-state index contributed by atoms with van der Waals surface area (Å²) in [6.45, 7) is 1.69. The predicted octanol–water partition coefficient (Wildman–Crippen LogP) is 2.12. The lowest BCUT2D eigenvalue weighted by molar-refractivity contribution is -0.133. The highest BCUT2D eigenvalue weighted by Gasteiger charge is 2.45. The van der Waals surface area contributed by atoms with Crippen LogP contribution in [-0.4, -0.2) is 23.8 Å². The molecule has 4 nitrogen and oxygen atoms in total. The summed E-state index contributed by atoms with van der Waals surface area (Å²) in [5.41, 5.74) is 1.92. The Morgan fingerprint density at radius 2 is 1.78 bits per heavy atom. The van der Waals surface area contributed by atoms with E-state index in [1.54, 1.807) is 18.9 Å². The van der Waals surface area contributed by atoms with Crippen LogP contribution >= 0.6 is 0 Å². The summed E-state index contributed by atoms with van der Waals surface area (Å²) in [7, 11) is 1.77. The molecule has 0 aromatic rings. The van der Waals surface area contributed by atoms with E-state index in [9.17, 15) is 9.59 Å². The highest BCUT2D eigenvalue weighted by Crippen LogP contribution is 2.43. The Hall–Kier alpha value is -1.58. The van der Waals surface area contributed by atoms with Crippen LogP contribution in [0.4, 0.5) is 0 Å². The van der Waals surface area contributed by atoms with Crippen LogP contribution in [0.5, 0.6) is 0 Å². The Kier molecular flexibility index (Phi) is 2.54. The lowest BCUT2D eigenvalue weighted by Crippen LogP contribution is -2.27. The van der Waals surface area contributed by atoms with Crippen molar-refractivity contribution in [3.63, 3.8) is 0 Å². The van der Waals surface area contributed by atoms with Crippen LogP contribution in [0.15, 0.2) is 22.6 Å². The molecule has 0 N–H and O–H groups in total. The standard InChI is InChI=1S/C14H17NO3/c1-8-10-11(14(17)18-8)12(15(2)13(10)16)9-6-4-3-5-7-9/h9H,3-7H2,1-2H3. The van der Waals surface area contributed by atoms with E-state index in [0.717, 1.165) is 18.5 Å². The number of carbonyl (C=O) groups is 2. The molecule has 3 aliphatic rings. The average Bonchev–Trinajstić information content (AvgIpc) is 2.79. The zero-order chi connectivity index (χ0) is 12.9. The number of amides is 1. The monoisotopic (exact) mass is 247 g/mol. The van der Waals surface area contributed by atoms with E-state index in [0.29, 0.717) is 22.8 Å². The second-order valence-corrected chi connectivity index (χ2v) is 5.28. The third kappa shape index (κ3) is 1.44. The minimum absolute atomic E-state index is 0.0890. The van der Waals surface area contributed by atoms with Gasteiger partial charge in [0.05, 0.1) is 11.1 Å². The largest absolute Gasteiger partial charge is 0.427 e. The number of rotatable bonds is 1. The fraction of sp³-hybridized carbons (Fsp3) is 0.571. The molecule has 1 amide bonds. The summed E-state index contributed by atoms with van der Waals surface area (Å²) < 4.78 is 5.10. The first-order valence-corrected chi connectivity index (χ1v) is 6.57. The van der Waals surface area contributed by atoms with Crippen LogP contribution in [0.25, 0.3) is 0 Å². The Bertz CT molecular complexity index is 495. The minimum atomic E-state index is -0.347. The molecule has 0 bridgehead atoms. The first kappa shape index (κ1) is 11.5. The Balaban J connectivity index is 2.07. The number of likely N-dealkylation sites (N-methyl/N-ethyl adjacent to an activating group) is 1. The number of allylic oxidation sites excluding steroid dienone is 2. The summed E-state index contributed by atoms with van der Waals surface area (Å²) in [5.74, 6) is 0.353. The molecule has 1 aliphatic carbocycles. The van der Waals surface area contributed by atoms with Crippen LogP contribution in [-0.2, 0) is 14.3 Å².